The van der Waals surface area contributed by atoms with E-state index in [0.717, 1.165) is 5.57 Å². The van der Waals surface area contributed by atoms with Crippen LogP contribution in [0.2, 0.25) is 34.8 Å². The van der Waals surface area contributed by atoms with Crippen molar-refractivity contribution in [2.45, 2.75) is 124 Å². The molecule has 0 saturated carbocycles. The summed E-state index contributed by atoms with van der Waals surface area (Å²) in [7, 11) is -3.51. The maximum absolute atomic E-state index is 10.9. The summed E-state index contributed by atoms with van der Waals surface area (Å²) in [5.41, 5.74) is 6.60. The first-order valence-electron chi connectivity index (χ1n) is 11.9. The Bertz CT molecular complexity index is 593. The number of hydrogen-bond acceptors (Lipinski definition) is 2. The van der Waals surface area contributed by atoms with Crippen LogP contribution in [0.5, 0.6) is 0 Å². The molecule has 30 heavy (non-hydrogen) atoms. The van der Waals surface area contributed by atoms with Gasteiger partial charge in [-0.3, -0.25) is 0 Å². The molecule has 0 heterocycles. The van der Waals surface area contributed by atoms with Crippen LogP contribution in [-0.2, 0) is 4.43 Å². The van der Waals surface area contributed by atoms with E-state index >= 15 is 0 Å². The van der Waals surface area contributed by atoms with Crippen LogP contribution in [0.25, 0.3) is 0 Å². The van der Waals surface area contributed by atoms with Crippen molar-refractivity contribution < 1.29 is 9.53 Å². The summed E-state index contributed by atoms with van der Waals surface area (Å²) in [5, 5.41) is 11.1. The van der Waals surface area contributed by atoms with E-state index in [1.54, 1.807) is 0 Å². The molecule has 0 rings (SSSR count). The minimum Gasteiger partial charge on any atom is -0.416 e. The number of aliphatic hydroxyl groups excluding tert-OH is 1. The fourth-order valence-corrected chi connectivity index (χ4v) is 10.8. The van der Waals surface area contributed by atoms with Gasteiger partial charge in [0.25, 0.3) is 0 Å². The fraction of sp³-hybridized carbons (Fsp3) is 0.846. The Hall–Kier alpha value is -0.346. The SMILES string of the molecule is C/C(=C\[C@@H](C)CO[Si](C)(C)C(C)(C)C)[C@H](O)[C@H](C)C#C[Si](C(C)C)(C(C)C)C(C)C. The lowest BCUT2D eigenvalue weighted by atomic mass is 9.96. The molecule has 0 aliphatic carbocycles. The predicted molar refractivity (Wildman–Crippen MR) is 140 cm³/mol. The zero-order chi connectivity index (χ0) is 24.1. The molecule has 0 saturated heterocycles. The first-order valence-corrected chi connectivity index (χ1v) is 17.1. The van der Waals surface area contributed by atoms with Crippen molar-refractivity contribution in [1.29, 1.82) is 0 Å². The van der Waals surface area contributed by atoms with Crippen molar-refractivity contribution in [1.82, 2.24) is 0 Å². The number of hydrogen-bond donors (Lipinski definition) is 1. The lowest BCUT2D eigenvalue weighted by Gasteiger charge is -2.38. The molecule has 176 valence electrons. The summed E-state index contributed by atoms with van der Waals surface area (Å²) in [6, 6.07) is 0. The molecule has 2 nitrogen and oxygen atoms in total. The Morgan fingerprint density at radius 2 is 1.37 bits per heavy atom. The molecule has 0 amide bonds. The molecular weight excluding hydrogens is 400 g/mol. The summed E-state index contributed by atoms with van der Waals surface area (Å²) in [4.78, 5) is 0. The van der Waals surface area contributed by atoms with Crippen molar-refractivity contribution in [3.05, 3.63) is 11.6 Å². The highest BCUT2D eigenvalue weighted by Crippen LogP contribution is 2.41. The highest BCUT2D eigenvalue weighted by molar-refractivity contribution is 6.90. The zero-order valence-electron chi connectivity index (χ0n) is 22.6. The van der Waals surface area contributed by atoms with Gasteiger partial charge < -0.3 is 9.53 Å². The second kappa shape index (κ2) is 11.5. The molecule has 0 aliphatic heterocycles. The molecule has 0 spiro atoms. The minimum atomic E-state index is -1.76. The van der Waals surface area contributed by atoms with E-state index in [1.807, 2.05) is 6.92 Å². The zero-order valence-corrected chi connectivity index (χ0v) is 24.6. The van der Waals surface area contributed by atoms with Crippen LogP contribution < -0.4 is 0 Å². The minimum absolute atomic E-state index is 0.0575. The molecule has 0 bridgehead atoms. The average molecular weight is 453 g/mol. The smallest absolute Gasteiger partial charge is 0.192 e. The van der Waals surface area contributed by atoms with E-state index in [9.17, 15) is 5.11 Å². The molecule has 0 aliphatic rings. The molecule has 0 aromatic rings. The third-order valence-corrected chi connectivity index (χ3v) is 18.2. The summed E-state index contributed by atoms with van der Waals surface area (Å²) >= 11 is 0. The molecule has 0 aromatic heterocycles. The molecule has 0 unspecified atom stereocenters. The van der Waals surface area contributed by atoms with Gasteiger partial charge in [0.05, 0.1) is 6.10 Å². The van der Waals surface area contributed by atoms with Crippen molar-refractivity contribution >= 4 is 16.4 Å². The second-order valence-electron chi connectivity index (χ2n) is 11.9. The van der Waals surface area contributed by atoms with Crippen molar-refractivity contribution in [3.8, 4) is 11.5 Å². The highest BCUT2D eigenvalue weighted by Gasteiger charge is 2.42. The normalized spacial score (nSPS) is 17.2. The second-order valence-corrected chi connectivity index (χ2v) is 22.2. The topological polar surface area (TPSA) is 29.5 Å². The van der Waals surface area contributed by atoms with E-state index in [0.29, 0.717) is 23.2 Å². The Morgan fingerprint density at radius 3 is 1.73 bits per heavy atom. The van der Waals surface area contributed by atoms with E-state index in [-0.39, 0.29) is 16.9 Å². The van der Waals surface area contributed by atoms with Crippen LogP contribution in [-0.4, -0.2) is 34.2 Å². The molecular formula is C26H52O2Si2. The average Bonchev–Trinajstić information content (AvgIpc) is 2.57. The lowest BCUT2D eigenvalue weighted by Crippen LogP contribution is -2.43. The molecule has 0 fully saturated rings. The van der Waals surface area contributed by atoms with Gasteiger partial charge in [0.15, 0.2) is 8.32 Å². The Balaban J connectivity index is 5.36. The largest absolute Gasteiger partial charge is 0.416 e. The maximum atomic E-state index is 10.9. The standard InChI is InChI=1S/C26H52O2Si2/c1-19(2)30(20(3)4,21(5)6)16-15-23(8)25(27)24(9)17-22(7)18-28-29(13,14)26(10,11)12/h17,19-23,25,27H,18H2,1-14H3/b24-17+/t22-,23-,25-/m1/s1. The Kier molecular flexibility index (Phi) is 11.4. The van der Waals surface area contributed by atoms with Crippen molar-refractivity contribution in [2.24, 2.45) is 11.8 Å². The van der Waals surface area contributed by atoms with Gasteiger partial charge >= 0.3 is 0 Å². The quantitative estimate of drug-likeness (QED) is 0.219. The number of aliphatic hydroxyl groups is 1. The van der Waals surface area contributed by atoms with Gasteiger partial charge in [-0.05, 0) is 60.1 Å². The van der Waals surface area contributed by atoms with Crippen LogP contribution in [0.4, 0.5) is 0 Å². The fourth-order valence-electron chi connectivity index (χ4n) is 4.30. The van der Waals surface area contributed by atoms with Crippen LogP contribution in [0, 0.1) is 23.3 Å². The molecule has 0 radical (unpaired) electrons. The van der Waals surface area contributed by atoms with Crippen LogP contribution in [0.15, 0.2) is 11.6 Å². The predicted octanol–water partition coefficient (Wildman–Crippen LogP) is 7.81. The van der Waals surface area contributed by atoms with Gasteiger partial charge in [-0.15, -0.1) is 11.5 Å². The summed E-state index contributed by atoms with van der Waals surface area (Å²) in [6.45, 7) is 32.3. The van der Waals surface area contributed by atoms with Crippen molar-refractivity contribution in [2.75, 3.05) is 6.61 Å². The molecule has 0 aromatic carbocycles. The molecule has 4 heteroatoms. The van der Waals surface area contributed by atoms with Gasteiger partial charge in [-0.1, -0.05) is 75.3 Å². The molecule has 1 N–H and O–H groups in total. The first-order chi connectivity index (χ1) is 13.4. The monoisotopic (exact) mass is 452 g/mol. The highest BCUT2D eigenvalue weighted by atomic mass is 28.4. The van der Waals surface area contributed by atoms with Crippen LogP contribution in [0.3, 0.4) is 0 Å². The van der Waals surface area contributed by atoms with E-state index in [2.05, 4.69) is 107 Å². The maximum Gasteiger partial charge on any atom is 0.192 e. The van der Waals surface area contributed by atoms with Crippen molar-refractivity contribution in [3.63, 3.8) is 0 Å². The third kappa shape index (κ3) is 7.66. The Labute approximate surface area is 191 Å². The summed E-state index contributed by atoms with van der Waals surface area (Å²) in [5.74, 6) is 3.72. The lowest BCUT2D eigenvalue weighted by molar-refractivity contribution is 0.175. The number of rotatable bonds is 9. The van der Waals surface area contributed by atoms with Crippen LogP contribution in [0.1, 0.15) is 83.1 Å². The summed E-state index contributed by atoms with van der Waals surface area (Å²) < 4.78 is 6.36. The molecule has 3 atom stereocenters. The first kappa shape index (κ1) is 29.7. The van der Waals surface area contributed by atoms with E-state index < -0.39 is 22.5 Å². The van der Waals surface area contributed by atoms with Gasteiger partial charge in [-0.2, -0.15) is 0 Å². The van der Waals surface area contributed by atoms with Gasteiger partial charge in [0, 0.05) is 12.5 Å². The van der Waals surface area contributed by atoms with Gasteiger partial charge in [0.2, 0.25) is 0 Å². The third-order valence-electron chi connectivity index (χ3n) is 7.38. The van der Waals surface area contributed by atoms with E-state index in [1.165, 1.54) is 0 Å². The van der Waals surface area contributed by atoms with E-state index in [4.69, 9.17) is 4.43 Å². The summed E-state index contributed by atoms with van der Waals surface area (Å²) in [6.07, 6.45) is 1.65. The Morgan fingerprint density at radius 1 is 0.933 bits per heavy atom. The van der Waals surface area contributed by atoms with Gasteiger partial charge in [0.1, 0.15) is 8.07 Å². The van der Waals surface area contributed by atoms with Gasteiger partial charge in [-0.25, -0.2) is 0 Å². The van der Waals surface area contributed by atoms with Crippen LogP contribution >= 0.6 is 0 Å².